The molecule has 0 saturated carbocycles. The van der Waals surface area contributed by atoms with Gasteiger partial charge in [-0.25, -0.2) is 0 Å². The quantitative estimate of drug-likeness (QED) is 0.690. The van der Waals surface area contributed by atoms with Crippen molar-refractivity contribution in [2.75, 3.05) is 5.32 Å². The first-order valence-electron chi connectivity index (χ1n) is 6.98. The first-order chi connectivity index (χ1) is 8.12. The second kappa shape index (κ2) is 3.76. The minimum Gasteiger partial charge on any atom is -0.381 e. The fourth-order valence-electron chi connectivity index (χ4n) is 4.76. The molecule has 1 aromatic carbocycles. The fraction of sp³-hybridized carbons (Fsp3) is 0.647. The van der Waals surface area contributed by atoms with Gasteiger partial charge in [-0.2, -0.15) is 0 Å². The normalized spacial score (nSPS) is 22.5. The van der Waals surface area contributed by atoms with Crippen LogP contribution in [0.2, 0.25) is 0 Å². The summed E-state index contributed by atoms with van der Waals surface area (Å²) in [5.41, 5.74) is 3.37. The Balaban J connectivity index is 2.77. The van der Waals surface area contributed by atoms with Gasteiger partial charge in [0.1, 0.15) is 0 Å². The number of anilines is 1. The van der Waals surface area contributed by atoms with Gasteiger partial charge in [0, 0.05) is 17.1 Å². The fourth-order valence-corrected chi connectivity index (χ4v) is 4.76. The molecular formula is C17H27N. The van der Waals surface area contributed by atoms with Gasteiger partial charge in [0.25, 0.3) is 0 Å². The number of nitrogens with one attached hydrogen (secondary N) is 1. The van der Waals surface area contributed by atoms with Gasteiger partial charge in [-0.05, 0) is 29.4 Å². The van der Waals surface area contributed by atoms with Gasteiger partial charge in [0.15, 0.2) is 0 Å². The number of rotatable bonds is 0. The number of hydrogen-bond acceptors (Lipinski definition) is 1. The van der Waals surface area contributed by atoms with E-state index in [0.29, 0.717) is 6.04 Å². The van der Waals surface area contributed by atoms with Crippen LogP contribution in [0.5, 0.6) is 0 Å². The second-order valence-corrected chi connectivity index (χ2v) is 7.72. The molecule has 2 rings (SSSR count). The van der Waals surface area contributed by atoms with Gasteiger partial charge in [0.2, 0.25) is 0 Å². The van der Waals surface area contributed by atoms with E-state index in [2.05, 4.69) is 78.0 Å². The minimum atomic E-state index is 0.149. The van der Waals surface area contributed by atoms with Gasteiger partial charge in [-0.15, -0.1) is 0 Å². The molecule has 1 N–H and O–H groups in total. The van der Waals surface area contributed by atoms with Gasteiger partial charge in [-0.3, -0.25) is 0 Å². The maximum Gasteiger partial charge on any atom is 0.0382 e. The Hall–Kier alpha value is -0.980. The SMILES string of the molecule is CC1Nc2ccccc2C1(C(C)(C)C)C(C)(C)C. The van der Waals surface area contributed by atoms with Crippen molar-refractivity contribution in [3.8, 4) is 0 Å². The van der Waals surface area contributed by atoms with Gasteiger partial charge >= 0.3 is 0 Å². The number of hydrogen-bond donors (Lipinski definition) is 1. The highest BCUT2D eigenvalue weighted by atomic mass is 15.0. The standard InChI is InChI=1S/C17H27N/c1-12-17(15(2,3)4,16(5,6)7)13-10-8-9-11-14(13)18-12/h8-12,18H,1-7H3. The molecule has 0 aromatic heterocycles. The third-order valence-corrected chi connectivity index (χ3v) is 4.74. The third kappa shape index (κ3) is 1.52. The molecule has 0 spiro atoms. The summed E-state index contributed by atoms with van der Waals surface area (Å²) < 4.78 is 0. The molecule has 1 unspecified atom stereocenters. The zero-order valence-corrected chi connectivity index (χ0v) is 12.9. The topological polar surface area (TPSA) is 12.0 Å². The van der Waals surface area contributed by atoms with Crippen LogP contribution in [0.3, 0.4) is 0 Å². The van der Waals surface area contributed by atoms with E-state index in [1.165, 1.54) is 11.3 Å². The molecule has 1 atom stereocenters. The molecule has 0 bridgehead atoms. The summed E-state index contributed by atoms with van der Waals surface area (Å²) in [6.45, 7) is 16.6. The molecule has 0 aliphatic carbocycles. The van der Waals surface area contributed by atoms with E-state index >= 15 is 0 Å². The Labute approximate surface area is 112 Å². The summed E-state index contributed by atoms with van der Waals surface area (Å²) in [6.07, 6.45) is 0. The van der Waals surface area contributed by atoms with Crippen molar-refractivity contribution in [3.63, 3.8) is 0 Å². The summed E-state index contributed by atoms with van der Waals surface area (Å²) in [6, 6.07) is 9.27. The monoisotopic (exact) mass is 245 g/mol. The van der Waals surface area contributed by atoms with Crippen molar-refractivity contribution in [1.29, 1.82) is 0 Å². The van der Waals surface area contributed by atoms with Crippen molar-refractivity contribution in [1.82, 2.24) is 0 Å². The number of para-hydroxylation sites is 1. The molecule has 1 aliphatic heterocycles. The van der Waals surface area contributed by atoms with Crippen LogP contribution < -0.4 is 5.32 Å². The molecule has 1 aromatic rings. The first kappa shape index (κ1) is 13.5. The summed E-state index contributed by atoms with van der Waals surface area (Å²) >= 11 is 0. The van der Waals surface area contributed by atoms with Crippen LogP contribution in [0, 0.1) is 10.8 Å². The molecule has 1 heterocycles. The van der Waals surface area contributed by atoms with Gasteiger partial charge in [0.05, 0.1) is 0 Å². The molecule has 0 fully saturated rings. The highest BCUT2D eigenvalue weighted by Crippen LogP contribution is 2.60. The van der Waals surface area contributed by atoms with Crippen molar-refractivity contribution in [3.05, 3.63) is 29.8 Å². The number of fused-ring (bicyclic) bond motifs is 1. The van der Waals surface area contributed by atoms with Gasteiger partial charge in [-0.1, -0.05) is 59.7 Å². The van der Waals surface area contributed by atoms with Crippen LogP contribution in [0.25, 0.3) is 0 Å². The van der Waals surface area contributed by atoms with Crippen LogP contribution >= 0.6 is 0 Å². The Morgan fingerprint density at radius 2 is 1.44 bits per heavy atom. The first-order valence-corrected chi connectivity index (χ1v) is 6.98. The molecule has 0 radical (unpaired) electrons. The Kier molecular flexibility index (Phi) is 2.81. The number of benzene rings is 1. The minimum absolute atomic E-state index is 0.149. The Bertz CT molecular complexity index is 431. The summed E-state index contributed by atoms with van der Waals surface area (Å²) in [5.74, 6) is 0. The molecule has 1 nitrogen and oxygen atoms in total. The smallest absolute Gasteiger partial charge is 0.0382 e. The van der Waals surface area contributed by atoms with Crippen LogP contribution in [0.1, 0.15) is 54.0 Å². The molecule has 100 valence electrons. The molecule has 1 aliphatic rings. The predicted molar refractivity (Wildman–Crippen MR) is 80.1 cm³/mol. The van der Waals surface area contributed by atoms with Crippen LogP contribution in [-0.2, 0) is 5.41 Å². The summed E-state index contributed by atoms with van der Waals surface area (Å²) in [5, 5.41) is 3.70. The average molecular weight is 245 g/mol. The molecule has 0 amide bonds. The van der Waals surface area contributed by atoms with Crippen LogP contribution in [-0.4, -0.2) is 6.04 Å². The second-order valence-electron chi connectivity index (χ2n) is 7.72. The molecular weight excluding hydrogens is 218 g/mol. The largest absolute Gasteiger partial charge is 0.381 e. The van der Waals surface area contributed by atoms with E-state index in [9.17, 15) is 0 Å². The lowest BCUT2D eigenvalue weighted by molar-refractivity contribution is 0.0448. The molecule has 1 heteroatoms. The average Bonchev–Trinajstić information content (AvgIpc) is 2.47. The van der Waals surface area contributed by atoms with Crippen molar-refractivity contribution in [2.45, 2.75) is 59.9 Å². The lowest BCUT2D eigenvalue weighted by Crippen LogP contribution is -2.56. The van der Waals surface area contributed by atoms with E-state index in [-0.39, 0.29) is 16.2 Å². The van der Waals surface area contributed by atoms with E-state index in [1.54, 1.807) is 0 Å². The lowest BCUT2D eigenvalue weighted by atomic mass is 9.49. The summed E-state index contributed by atoms with van der Waals surface area (Å²) in [4.78, 5) is 0. The molecule has 0 saturated heterocycles. The van der Waals surface area contributed by atoms with Crippen molar-refractivity contribution < 1.29 is 0 Å². The maximum absolute atomic E-state index is 3.70. The molecule has 18 heavy (non-hydrogen) atoms. The highest BCUT2D eigenvalue weighted by Gasteiger charge is 2.58. The zero-order chi connectivity index (χ0) is 13.8. The van der Waals surface area contributed by atoms with Crippen molar-refractivity contribution in [2.24, 2.45) is 10.8 Å². The highest BCUT2D eigenvalue weighted by molar-refractivity contribution is 5.63. The lowest BCUT2D eigenvalue weighted by Gasteiger charge is -2.54. The van der Waals surface area contributed by atoms with Crippen LogP contribution in [0.15, 0.2) is 24.3 Å². The van der Waals surface area contributed by atoms with Crippen LogP contribution in [0.4, 0.5) is 5.69 Å². The van der Waals surface area contributed by atoms with E-state index in [1.807, 2.05) is 0 Å². The van der Waals surface area contributed by atoms with E-state index in [0.717, 1.165) is 0 Å². The zero-order valence-electron chi connectivity index (χ0n) is 12.9. The maximum atomic E-state index is 3.70. The Morgan fingerprint density at radius 3 is 1.94 bits per heavy atom. The van der Waals surface area contributed by atoms with Crippen molar-refractivity contribution >= 4 is 5.69 Å². The van der Waals surface area contributed by atoms with E-state index in [4.69, 9.17) is 0 Å². The Morgan fingerprint density at radius 1 is 0.944 bits per heavy atom. The van der Waals surface area contributed by atoms with Gasteiger partial charge < -0.3 is 5.32 Å². The predicted octanol–water partition coefficient (Wildman–Crippen LogP) is 4.83. The third-order valence-electron chi connectivity index (χ3n) is 4.74. The van der Waals surface area contributed by atoms with E-state index < -0.39 is 0 Å². The summed E-state index contributed by atoms with van der Waals surface area (Å²) in [7, 11) is 0.